The van der Waals surface area contributed by atoms with Crippen molar-refractivity contribution >= 4 is 11.9 Å². The van der Waals surface area contributed by atoms with E-state index < -0.39 is 0 Å². The molecular formula is C13H14N4O. The first-order chi connectivity index (χ1) is 8.66. The van der Waals surface area contributed by atoms with Gasteiger partial charge in [0.05, 0.1) is 17.6 Å². The van der Waals surface area contributed by atoms with E-state index in [-0.39, 0.29) is 5.69 Å². The van der Waals surface area contributed by atoms with Gasteiger partial charge < -0.3 is 4.98 Å². The highest BCUT2D eigenvalue weighted by Crippen LogP contribution is 2.06. The van der Waals surface area contributed by atoms with Crippen LogP contribution in [0.25, 0.3) is 0 Å². The van der Waals surface area contributed by atoms with Crippen molar-refractivity contribution in [3.63, 3.8) is 0 Å². The number of aryl methyl sites for hydroxylation is 2. The van der Waals surface area contributed by atoms with E-state index in [4.69, 9.17) is 0 Å². The van der Waals surface area contributed by atoms with Crippen molar-refractivity contribution in [3.05, 3.63) is 57.8 Å². The molecule has 0 aliphatic carbocycles. The summed E-state index contributed by atoms with van der Waals surface area (Å²) in [6, 6.07) is 9.63. The fraction of sp³-hybridized carbons (Fsp3) is 0.154. The molecule has 0 aliphatic heterocycles. The number of para-hydroxylation sites is 1. The van der Waals surface area contributed by atoms with Gasteiger partial charge in [-0.3, -0.25) is 5.43 Å². The highest BCUT2D eigenvalue weighted by Gasteiger charge is 2.02. The quantitative estimate of drug-likeness (QED) is 0.637. The molecule has 92 valence electrons. The second kappa shape index (κ2) is 5.27. The van der Waals surface area contributed by atoms with E-state index in [0.717, 1.165) is 16.9 Å². The average Bonchev–Trinajstić information content (AvgIpc) is 2.34. The third kappa shape index (κ3) is 2.82. The van der Waals surface area contributed by atoms with Gasteiger partial charge in [0.15, 0.2) is 0 Å². The summed E-state index contributed by atoms with van der Waals surface area (Å²) in [7, 11) is 0. The van der Waals surface area contributed by atoms with Gasteiger partial charge in [-0.2, -0.15) is 10.1 Å². The molecular weight excluding hydrogens is 228 g/mol. The zero-order valence-corrected chi connectivity index (χ0v) is 10.3. The molecule has 0 radical (unpaired) electrons. The highest BCUT2D eigenvalue weighted by molar-refractivity contribution is 5.82. The van der Waals surface area contributed by atoms with Gasteiger partial charge in [0.1, 0.15) is 0 Å². The maximum atomic E-state index is 11.1. The number of rotatable bonds is 3. The molecule has 0 atom stereocenters. The average molecular weight is 242 g/mol. The molecule has 1 aromatic carbocycles. The van der Waals surface area contributed by atoms with E-state index in [2.05, 4.69) is 20.5 Å². The number of H-pyrrole nitrogens is 1. The Balaban J connectivity index is 2.17. The van der Waals surface area contributed by atoms with Gasteiger partial charge in [0, 0.05) is 11.3 Å². The van der Waals surface area contributed by atoms with Crippen molar-refractivity contribution in [1.82, 2.24) is 9.97 Å². The van der Waals surface area contributed by atoms with Crippen molar-refractivity contribution < 1.29 is 0 Å². The van der Waals surface area contributed by atoms with Gasteiger partial charge in [-0.05, 0) is 26.0 Å². The van der Waals surface area contributed by atoms with Gasteiger partial charge >= 0.3 is 5.69 Å². The molecule has 0 bridgehead atoms. The normalized spacial score (nSPS) is 10.8. The van der Waals surface area contributed by atoms with Crippen LogP contribution in [0.1, 0.15) is 17.0 Å². The molecule has 1 heterocycles. The summed E-state index contributed by atoms with van der Waals surface area (Å²) in [5.74, 6) is 0. The van der Waals surface area contributed by atoms with Gasteiger partial charge in [0.25, 0.3) is 0 Å². The Morgan fingerprint density at radius 1 is 1.28 bits per heavy atom. The Morgan fingerprint density at radius 3 is 2.67 bits per heavy atom. The molecule has 18 heavy (non-hydrogen) atoms. The van der Waals surface area contributed by atoms with E-state index in [0.29, 0.717) is 5.69 Å². The number of nitrogens with zero attached hydrogens (tertiary/aromatic N) is 2. The minimum Gasteiger partial charge on any atom is -0.309 e. The van der Waals surface area contributed by atoms with Crippen LogP contribution in [0.5, 0.6) is 0 Å². The second-order valence-electron chi connectivity index (χ2n) is 3.90. The number of aromatic amines is 1. The maximum absolute atomic E-state index is 11.1. The SMILES string of the molecule is Cc1nc(=O)[nH]c(C)c1C=NNc1ccccc1. The van der Waals surface area contributed by atoms with Crippen molar-refractivity contribution in [3.8, 4) is 0 Å². The van der Waals surface area contributed by atoms with Gasteiger partial charge in [-0.25, -0.2) is 4.79 Å². The number of hydrogen-bond donors (Lipinski definition) is 2. The minimum atomic E-state index is -0.335. The van der Waals surface area contributed by atoms with Crippen LogP contribution >= 0.6 is 0 Å². The maximum Gasteiger partial charge on any atom is 0.345 e. The predicted molar refractivity (Wildman–Crippen MR) is 72.0 cm³/mol. The van der Waals surface area contributed by atoms with Crippen LogP contribution in [0, 0.1) is 13.8 Å². The van der Waals surface area contributed by atoms with Crippen LogP contribution in [-0.2, 0) is 0 Å². The van der Waals surface area contributed by atoms with E-state index >= 15 is 0 Å². The predicted octanol–water partition coefficient (Wildman–Crippen LogP) is 1.83. The molecule has 2 N–H and O–H groups in total. The van der Waals surface area contributed by atoms with Gasteiger partial charge in [0.2, 0.25) is 0 Å². The Labute approximate surface area is 105 Å². The van der Waals surface area contributed by atoms with Crippen LogP contribution in [0.15, 0.2) is 40.2 Å². The van der Waals surface area contributed by atoms with Crippen molar-refractivity contribution in [2.24, 2.45) is 5.10 Å². The van der Waals surface area contributed by atoms with Crippen LogP contribution in [-0.4, -0.2) is 16.2 Å². The Kier molecular flexibility index (Phi) is 3.52. The third-order valence-electron chi connectivity index (χ3n) is 2.52. The Hall–Kier alpha value is -2.43. The number of aromatic nitrogens is 2. The fourth-order valence-corrected chi connectivity index (χ4v) is 1.61. The molecule has 0 fully saturated rings. The van der Waals surface area contributed by atoms with Crippen molar-refractivity contribution in [2.45, 2.75) is 13.8 Å². The van der Waals surface area contributed by atoms with Crippen molar-refractivity contribution in [1.29, 1.82) is 0 Å². The molecule has 0 aliphatic rings. The molecule has 5 nitrogen and oxygen atoms in total. The molecule has 2 aromatic rings. The van der Waals surface area contributed by atoms with Gasteiger partial charge in [-0.15, -0.1) is 0 Å². The first kappa shape index (κ1) is 12.0. The Morgan fingerprint density at radius 2 is 2.00 bits per heavy atom. The van der Waals surface area contributed by atoms with Crippen LogP contribution in [0.2, 0.25) is 0 Å². The van der Waals surface area contributed by atoms with Gasteiger partial charge in [-0.1, -0.05) is 18.2 Å². The monoisotopic (exact) mass is 242 g/mol. The van der Waals surface area contributed by atoms with E-state index in [1.165, 1.54) is 0 Å². The lowest BCUT2D eigenvalue weighted by molar-refractivity contribution is 0.981. The molecule has 0 spiro atoms. The van der Waals surface area contributed by atoms with Crippen LogP contribution in [0.4, 0.5) is 5.69 Å². The van der Waals surface area contributed by atoms with Crippen LogP contribution in [0.3, 0.4) is 0 Å². The largest absolute Gasteiger partial charge is 0.345 e. The zero-order chi connectivity index (χ0) is 13.0. The number of anilines is 1. The minimum absolute atomic E-state index is 0.335. The number of hydrogen-bond acceptors (Lipinski definition) is 4. The second-order valence-corrected chi connectivity index (χ2v) is 3.90. The molecule has 0 unspecified atom stereocenters. The number of benzene rings is 1. The summed E-state index contributed by atoms with van der Waals surface area (Å²) in [5.41, 5.74) is 5.72. The Bertz CT molecular complexity index is 590. The topological polar surface area (TPSA) is 70.1 Å². The summed E-state index contributed by atoms with van der Waals surface area (Å²) in [4.78, 5) is 17.6. The molecule has 5 heteroatoms. The van der Waals surface area contributed by atoms with E-state index in [9.17, 15) is 4.79 Å². The first-order valence-corrected chi connectivity index (χ1v) is 5.58. The van der Waals surface area contributed by atoms with Crippen LogP contribution < -0.4 is 11.1 Å². The molecule has 0 saturated heterocycles. The lowest BCUT2D eigenvalue weighted by Crippen LogP contribution is -2.15. The summed E-state index contributed by atoms with van der Waals surface area (Å²) >= 11 is 0. The zero-order valence-electron chi connectivity index (χ0n) is 10.3. The summed E-state index contributed by atoms with van der Waals surface area (Å²) < 4.78 is 0. The molecule has 2 rings (SSSR count). The lowest BCUT2D eigenvalue weighted by Gasteiger charge is -2.03. The standard InChI is InChI=1S/C13H14N4O/c1-9-12(10(2)16-13(18)15-9)8-14-17-11-6-4-3-5-7-11/h3-8,17H,1-2H3,(H,15,16,18). The highest BCUT2D eigenvalue weighted by atomic mass is 16.1. The molecule has 1 aromatic heterocycles. The summed E-state index contributed by atoms with van der Waals surface area (Å²) in [6.45, 7) is 3.60. The van der Waals surface area contributed by atoms with E-state index in [1.807, 2.05) is 37.3 Å². The first-order valence-electron chi connectivity index (χ1n) is 5.58. The smallest absolute Gasteiger partial charge is 0.309 e. The molecule has 0 saturated carbocycles. The third-order valence-corrected chi connectivity index (χ3v) is 2.52. The van der Waals surface area contributed by atoms with E-state index in [1.54, 1.807) is 13.1 Å². The van der Waals surface area contributed by atoms with Crippen molar-refractivity contribution in [2.75, 3.05) is 5.43 Å². The number of nitrogens with one attached hydrogen (secondary N) is 2. The number of hydrazone groups is 1. The summed E-state index contributed by atoms with van der Waals surface area (Å²) in [6.07, 6.45) is 1.65. The summed E-state index contributed by atoms with van der Waals surface area (Å²) in [5, 5.41) is 4.13. The fourth-order valence-electron chi connectivity index (χ4n) is 1.61. The lowest BCUT2D eigenvalue weighted by atomic mass is 10.2. The molecule has 0 amide bonds.